The number of benzene rings is 5. The summed E-state index contributed by atoms with van der Waals surface area (Å²) in [7, 11) is 0. The van der Waals surface area contributed by atoms with Crippen molar-refractivity contribution in [3.8, 4) is 23.0 Å². The first-order valence-corrected chi connectivity index (χ1v) is 27.5. The van der Waals surface area contributed by atoms with Gasteiger partial charge in [-0.25, -0.2) is 0 Å². The smallest absolute Gasteiger partial charge is 0.309 e. The van der Waals surface area contributed by atoms with Gasteiger partial charge in [-0.05, 0) is 68.3 Å². The summed E-state index contributed by atoms with van der Waals surface area (Å²) in [5.74, 6) is -3.22. The van der Waals surface area contributed by atoms with E-state index < -0.39 is 79.6 Å². The predicted molar refractivity (Wildman–Crippen MR) is 329 cm³/mol. The Balaban J connectivity index is 0.000000385. The first kappa shape index (κ1) is 76.8. The quantitative estimate of drug-likeness (QED) is 0.0173. The normalized spacial score (nSPS) is 12.9. The lowest BCUT2D eigenvalue weighted by molar-refractivity contribution is -0.385. The van der Waals surface area contributed by atoms with Gasteiger partial charge >= 0.3 is 23.9 Å². The van der Waals surface area contributed by atoms with Crippen LogP contribution in [0.1, 0.15) is 91.8 Å². The lowest BCUT2D eigenvalue weighted by Crippen LogP contribution is -2.29. The molecule has 0 radical (unpaired) electrons. The Bertz CT molecular complexity index is 3380. The number of carbonyl (C=O) groups is 6. The van der Waals surface area contributed by atoms with Crippen molar-refractivity contribution in [2.75, 3.05) is 6.61 Å². The third-order valence-corrected chi connectivity index (χ3v) is 12.0. The molecule has 2 aliphatic rings. The summed E-state index contributed by atoms with van der Waals surface area (Å²) in [6, 6.07) is 24.2. The monoisotopic (exact) mass is 1300 g/mol. The summed E-state index contributed by atoms with van der Waals surface area (Å²) in [6.45, 7) is 16.3. The van der Waals surface area contributed by atoms with Crippen LogP contribution in [-0.4, -0.2) is 118 Å². The van der Waals surface area contributed by atoms with Crippen molar-refractivity contribution >= 4 is 75.5 Å². The second kappa shape index (κ2) is 40.3. The Morgan fingerprint density at radius 3 is 1.20 bits per heavy atom. The maximum Gasteiger partial charge on any atom is 0.309 e. The maximum absolute atomic E-state index is 12.0. The maximum atomic E-state index is 12.0. The SMILES string of the molecule is C=CCC(CC=C)Oc1ccc([N+](=O)[O-])cc1.C=CCC(O)CC=C.CCOC(=O)CC1CC(=O)c2cc([N+](=O)[O-])ccc2O1.O=C(O)CC(CC(=O)O)Oc1ccc([N+](=O)[O-])cc1.O=C(O)CC1CC(=O)c2cc([N+](=O)[O-])ccc2O1.O=[N+]([O-])c1ccc(Cl)cc1. The van der Waals surface area contributed by atoms with Gasteiger partial charge in [0, 0.05) is 91.4 Å². The number of rotatable bonds is 26. The fraction of sp³-hybridized carbons (Fsp3) is 0.279. The second-order valence-electron chi connectivity index (χ2n) is 18.9. The highest BCUT2D eigenvalue weighted by Crippen LogP contribution is 2.33. The lowest BCUT2D eigenvalue weighted by Gasteiger charge is -2.24. The highest BCUT2D eigenvalue weighted by atomic mass is 35.5. The van der Waals surface area contributed by atoms with E-state index in [1.54, 1.807) is 43.4 Å². The Kier molecular flexibility index (Phi) is 33.7. The van der Waals surface area contributed by atoms with E-state index in [0.29, 0.717) is 36.5 Å². The molecule has 2 heterocycles. The number of carbonyl (C=O) groups excluding carboxylic acids is 3. The molecule has 92 heavy (non-hydrogen) atoms. The van der Waals surface area contributed by atoms with Crippen LogP contribution in [0.25, 0.3) is 0 Å². The van der Waals surface area contributed by atoms with Gasteiger partial charge in [-0.1, -0.05) is 35.9 Å². The van der Waals surface area contributed by atoms with E-state index in [9.17, 15) is 79.3 Å². The third kappa shape index (κ3) is 29.2. The summed E-state index contributed by atoms with van der Waals surface area (Å²) in [4.78, 5) is 116. The van der Waals surface area contributed by atoms with Crippen molar-refractivity contribution in [3.05, 3.63) is 227 Å². The standard InChI is InChI=1S/C13H13NO6.C13H15NO3.C11H11NO7.C11H9NO6.C7H12O.C6H4ClNO2/c1-2-19-13(16)7-9-6-11(15)10-5-8(14(17)18)3-4-12(10)20-9;1-3-5-12(6-4-2)17-13-9-7-11(8-10-13)14(15)16;13-10(14)5-9(6-11(15)16)19-8-3-1-7(2-4-8)12(17)18;13-9-4-7(5-11(14)15)18-10-2-1-6(12(16)17)3-8(9)10;1-3-5-7(8)6-4-2;7-5-1-3-6(4-2-5)8(9)10/h3-5,9H,2,6-7H2,1H3;3-4,7-10,12H,1-2,5-6H2;1-4,9H,5-6H2,(H,13,14)(H,15,16);1-3,7H,4-5H2,(H,14,15);3-4,7-8H,1-2,5-6H2;1-4H. The van der Waals surface area contributed by atoms with Crippen LogP contribution >= 0.6 is 11.6 Å². The Hall–Kier alpha value is -11.3. The fourth-order valence-corrected chi connectivity index (χ4v) is 7.77. The number of aliphatic hydroxyl groups excluding tert-OH is 1. The molecule has 2 aliphatic heterocycles. The molecule has 2 unspecified atom stereocenters. The molecule has 0 aromatic heterocycles. The molecular formula is C61H64ClN5O25. The van der Waals surface area contributed by atoms with E-state index in [2.05, 4.69) is 26.3 Å². The van der Waals surface area contributed by atoms with Crippen molar-refractivity contribution in [2.45, 2.75) is 102 Å². The van der Waals surface area contributed by atoms with E-state index in [0.717, 1.165) is 6.07 Å². The first-order chi connectivity index (χ1) is 43.5. The number of Topliss-reactive ketones (excluding diaryl/α,β-unsaturated/α-hetero) is 2. The minimum Gasteiger partial charge on any atom is -0.490 e. The number of carboxylic acid groups (broad SMARTS) is 3. The molecule has 31 heteroatoms. The van der Waals surface area contributed by atoms with Crippen molar-refractivity contribution in [3.63, 3.8) is 0 Å². The molecule has 0 amide bonds. The Morgan fingerprint density at radius 1 is 0.533 bits per heavy atom. The van der Waals surface area contributed by atoms with Crippen LogP contribution in [-0.2, 0) is 23.9 Å². The fourth-order valence-electron chi connectivity index (χ4n) is 7.64. The van der Waals surface area contributed by atoms with E-state index in [1.807, 2.05) is 0 Å². The topological polar surface area (TPSA) is 445 Å². The number of ketones is 2. The molecule has 0 bridgehead atoms. The summed E-state index contributed by atoms with van der Waals surface area (Å²) in [6.07, 6.45) is 5.76. The second-order valence-corrected chi connectivity index (χ2v) is 19.3. The van der Waals surface area contributed by atoms with E-state index in [-0.39, 0.29) is 113 Å². The molecule has 0 fully saturated rings. The van der Waals surface area contributed by atoms with Crippen molar-refractivity contribution in [1.29, 1.82) is 0 Å². The van der Waals surface area contributed by atoms with Crippen LogP contribution in [0.4, 0.5) is 28.4 Å². The Labute approximate surface area is 529 Å². The number of ether oxygens (including phenoxy) is 5. The Morgan fingerprint density at radius 2 is 0.870 bits per heavy atom. The summed E-state index contributed by atoms with van der Waals surface area (Å²) >= 11 is 5.49. The number of aliphatic carboxylic acids is 3. The number of non-ortho nitro benzene ring substituents is 5. The average Bonchev–Trinajstić information content (AvgIpc) is 0.910. The number of esters is 1. The number of aliphatic hydroxyl groups is 1. The van der Waals surface area contributed by atoms with Gasteiger partial charge in [-0.3, -0.25) is 79.3 Å². The number of hydrogen-bond acceptors (Lipinski definition) is 22. The number of nitrogens with zero attached hydrogens (tertiary/aromatic N) is 5. The van der Waals surface area contributed by atoms with Crippen molar-refractivity contribution < 1.29 is 97.5 Å². The number of halogens is 1. The van der Waals surface area contributed by atoms with Gasteiger partial charge < -0.3 is 44.1 Å². The summed E-state index contributed by atoms with van der Waals surface area (Å²) < 4.78 is 26.5. The van der Waals surface area contributed by atoms with E-state index in [4.69, 9.17) is 55.7 Å². The van der Waals surface area contributed by atoms with Crippen molar-refractivity contribution in [1.82, 2.24) is 0 Å². The highest BCUT2D eigenvalue weighted by Gasteiger charge is 2.31. The molecule has 30 nitrogen and oxygen atoms in total. The van der Waals surface area contributed by atoms with E-state index >= 15 is 0 Å². The first-order valence-electron chi connectivity index (χ1n) is 27.2. The van der Waals surface area contributed by atoms with Crippen LogP contribution in [0, 0.1) is 50.6 Å². The molecule has 4 N–H and O–H groups in total. The zero-order chi connectivity index (χ0) is 69.0. The van der Waals surface area contributed by atoms with Gasteiger partial charge in [0.15, 0.2) is 11.6 Å². The molecular weight excluding hydrogens is 1240 g/mol. The molecule has 5 aromatic carbocycles. The summed E-state index contributed by atoms with van der Waals surface area (Å²) in [5.41, 5.74) is -0.0665. The van der Waals surface area contributed by atoms with Gasteiger partial charge in [0.1, 0.15) is 47.4 Å². The highest BCUT2D eigenvalue weighted by molar-refractivity contribution is 6.30. The third-order valence-electron chi connectivity index (χ3n) is 11.7. The van der Waals surface area contributed by atoms with Crippen LogP contribution in [0.5, 0.6) is 23.0 Å². The number of hydrogen-bond donors (Lipinski definition) is 4. The minimum absolute atomic E-state index is 0.00693. The minimum atomic E-state index is -1.19. The molecule has 2 atom stereocenters. The largest absolute Gasteiger partial charge is 0.490 e. The lowest BCUT2D eigenvalue weighted by atomic mass is 9.98. The van der Waals surface area contributed by atoms with Gasteiger partial charge in [0.05, 0.1) is 74.1 Å². The van der Waals surface area contributed by atoms with Gasteiger partial charge in [0.2, 0.25) is 0 Å². The van der Waals surface area contributed by atoms with Gasteiger partial charge in [0.25, 0.3) is 28.4 Å². The zero-order valence-corrected chi connectivity index (χ0v) is 49.9. The molecule has 7 rings (SSSR count). The molecule has 0 saturated carbocycles. The predicted octanol–water partition coefficient (Wildman–Crippen LogP) is 11.8. The van der Waals surface area contributed by atoms with Gasteiger partial charge in [-0.2, -0.15) is 0 Å². The number of nitro groups is 5. The van der Waals surface area contributed by atoms with Crippen LogP contribution in [0.15, 0.2) is 160 Å². The summed E-state index contributed by atoms with van der Waals surface area (Å²) in [5, 5.41) is 87.5. The number of carboxylic acids is 3. The zero-order valence-electron chi connectivity index (χ0n) is 49.2. The average molecular weight is 1300 g/mol. The molecule has 0 spiro atoms. The van der Waals surface area contributed by atoms with E-state index in [1.165, 1.54) is 91.0 Å². The number of fused-ring (bicyclic) bond motifs is 2. The molecule has 0 saturated heterocycles. The molecule has 0 aliphatic carbocycles. The van der Waals surface area contributed by atoms with Gasteiger partial charge in [-0.15, -0.1) is 26.3 Å². The van der Waals surface area contributed by atoms with Crippen LogP contribution < -0.4 is 18.9 Å². The number of nitro benzene ring substituents is 5. The van der Waals surface area contributed by atoms with Crippen LogP contribution in [0.2, 0.25) is 5.02 Å². The van der Waals surface area contributed by atoms with Crippen LogP contribution in [0.3, 0.4) is 0 Å². The molecule has 490 valence electrons. The molecule has 5 aromatic rings. The van der Waals surface area contributed by atoms with Crippen molar-refractivity contribution in [2.24, 2.45) is 0 Å².